The molecule has 5 rings (SSSR count). The van der Waals surface area contributed by atoms with Crippen molar-refractivity contribution in [2.24, 2.45) is 5.92 Å². The third kappa shape index (κ3) is 4.91. The summed E-state index contributed by atoms with van der Waals surface area (Å²) in [5.41, 5.74) is 4.90. The van der Waals surface area contributed by atoms with Crippen LogP contribution in [0.2, 0.25) is 0 Å². The number of ether oxygens (including phenoxy) is 2. The number of fused-ring (bicyclic) bond motifs is 1. The fourth-order valence-corrected chi connectivity index (χ4v) is 5.14. The van der Waals surface area contributed by atoms with Gasteiger partial charge in [-0.25, -0.2) is 0 Å². The Morgan fingerprint density at radius 1 is 1.03 bits per heavy atom. The molecule has 2 aliphatic rings. The molecule has 1 fully saturated rings. The van der Waals surface area contributed by atoms with Crippen LogP contribution in [-0.4, -0.2) is 47.5 Å². The lowest BCUT2D eigenvalue weighted by Gasteiger charge is -2.31. The van der Waals surface area contributed by atoms with Gasteiger partial charge in [0.15, 0.2) is 0 Å². The van der Waals surface area contributed by atoms with E-state index in [9.17, 15) is 14.6 Å². The Bertz CT molecular complexity index is 1240. The fraction of sp³-hybridized carbons (Fsp3) is 0.333. The Hall–Kier alpha value is -3.51. The lowest BCUT2D eigenvalue weighted by molar-refractivity contribution is 0.165. The smallest absolute Gasteiger partial charge is 0.150 e. The van der Waals surface area contributed by atoms with Crippen LogP contribution in [0.25, 0.3) is 11.1 Å². The fourth-order valence-electron chi connectivity index (χ4n) is 5.14. The number of likely N-dealkylation sites (tertiary alicyclic amines) is 1. The first-order chi connectivity index (χ1) is 17.4. The maximum atomic E-state index is 13.0. The maximum absolute atomic E-state index is 13.0. The second kappa shape index (κ2) is 10.2. The second-order valence-electron chi connectivity index (χ2n) is 9.80. The molecule has 3 aromatic rings. The molecule has 3 atom stereocenters. The van der Waals surface area contributed by atoms with Gasteiger partial charge in [-0.05, 0) is 79.9 Å². The zero-order valence-electron chi connectivity index (χ0n) is 20.7. The molecule has 0 aliphatic carbocycles. The summed E-state index contributed by atoms with van der Waals surface area (Å²) < 4.78 is 25.5. The third-order valence-corrected chi connectivity index (χ3v) is 7.29. The van der Waals surface area contributed by atoms with Gasteiger partial charge in [-0.3, -0.25) is 9.29 Å². The molecule has 188 valence electrons. The van der Waals surface area contributed by atoms with E-state index in [1.807, 2.05) is 42.5 Å². The average Bonchev–Trinajstić information content (AvgIpc) is 3.38. The van der Waals surface area contributed by atoms with E-state index in [1.54, 1.807) is 24.3 Å². The minimum Gasteiger partial charge on any atom is -0.508 e. The molecule has 0 radical (unpaired) electrons. The van der Waals surface area contributed by atoms with Crippen LogP contribution in [0.5, 0.6) is 23.0 Å². The highest BCUT2D eigenvalue weighted by Gasteiger charge is 2.30. The van der Waals surface area contributed by atoms with Gasteiger partial charge in [0, 0.05) is 35.7 Å². The van der Waals surface area contributed by atoms with E-state index < -0.39 is 0 Å². The Labute approximate surface area is 211 Å². The second-order valence-corrected chi connectivity index (χ2v) is 9.80. The van der Waals surface area contributed by atoms with E-state index in [-0.39, 0.29) is 36.2 Å². The first-order valence-corrected chi connectivity index (χ1v) is 12.5. The molecule has 3 aromatic carbocycles. The summed E-state index contributed by atoms with van der Waals surface area (Å²) in [4.78, 5) is 2.29. The molecule has 0 amide bonds. The summed E-state index contributed by atoms with van der Waals surface area (Å²) in [7, 11) is 0. The van der Waals surface area contributed by atoms with Gasteiger partial charge in [0.25, 0.3) is 0 Å². The first kappa shape index (κ1) is 24.2. The van der Waals surface area contributed by atoms with Gasteiger partial charge in [0.2, 0.25) is 0 Å². The molecule has 0 spiro atoms. The molecule has 0 bridgehead atoms. The van der Waals surface area contributed by atoms with Crippen LogP contribution in [0.15, 0.2) is 66.7 Å². The van der Waals surface area contributed by atoms with Crippen molar-refractivity contribution in [1.29, 1.82) is 0 Å². The van der Waals surface area contributed by atoms with Gasteiger partial charge in [-0.2, -0.15) is 0 Å². The number of rotatable bonds is 7. The quantitative estimate of drug-likeness (QED) is 0.413. The number of phenolic OH excluding ortho intramolecular Hbond substituents is 2. The Morgan fingerprint density at radius 2 is 1.75 bits per heavy atom. The minimum absolute atomic E-state index is 0.147. The van der Waals surface area contributed by atoms with Gasteiger partial charge < -0.3 is 19.7 Å². The zero-order valence-corrected chi connectivity index (χ0v) is 20.7. The lowest BCUT2D eigenvalue weighted by Crippen LogP contribution is -2.35. The van der Waals surface area contributed by atoms with Crippen molar-refractivity contribution >= 4 is 11.1 Å². The summed E-state index contributed by atoms with van der Waals surface area (Å²) in [5, 5.41) is 19.8. The minimum atomic E-state index is -0.390. The van der Waals surface area contributed by atoms with Crippen LogP contribution in [0.3, 0.4) is 0 Å². The van der Waals surface area contributed by atoms with Gasteiger partial charge in [0.1, 0.15) is 35.7 Å². The summed E-state index contributed by atoms with van der Waals surface area (Å²) in [6, 6.07) is 20.4. The number of hydrogen-bond acceptors (Lipinski definition) is 5. The van der Waals surface area contributed by atoms with E-state index in [2.05, 4.69) is 18.7 Å². The molecule has 6 heteroatoms. The van der Waals surface area contributed by atoms with Crippen LogP contribution in [0.1, 0.15) is 43.1 Å². The summed E-state index contributed by atoms with van der Waals surface area (Å²) in [5.74, 6) is 1.91. The third-order valence-electron chi connectivity index (χ3n) is 7.29. The lowest BCUT2D eigenvalue weighted by atomic mass is 9.86. The number of phenols is 2. The molecule has 5 nitrogen and oxygen atoms in total. The topological polar surface area (TPSA) is 62.2 Å². The zero-order chi connectivity index (χ0) is 25.2. The van der Waals surface area contributed by atoms with Crippen LogP contribution < -0.4 is 9.47 Å². The van der Waals surface area contributed by atoms with Crippen molar-refractivity contribution in [1.82, 2.24) is 4.90 Å². The summed E-state index contributed by atoms with van der Waals surface area (Å²) in [6.07, 6.45) is 0.521. The molecule has 2 heterocycles. The highest BCUT2D eigenvalue weighted by molar-refractivity contribution is 5.95. The van der Waals surface area contributed by atoms with E-state index >= 15 is 0 Å². The SMILES string of the molecule is CC1=C(c2ccc(O)cc2)C(c2ccc(OCC(C)N3CCC(CF)C3)cc2)Oc2cc(O)ccc21. The van der Waals surface area contributed by atoms with Crippen molar-refractivity contribution < 1.29 is 24.1 Å². The van der Waals surface area contributed by atoms with E-state index in [1.165, 1.54) is 0 Å². The summed E-state index contributed by atoms with van der Waals surface area (Å²) >= 11 is 0. The molecule has 0 saturated carbocycles. The van der Waals surface area contributed by atoms with Gasteiger partial charge in [-0.1, -0.05) is 24.3 Å². The number of aromatic hydroxyl groups is 2. The van der Waals surface area contributed by atoms with Gasteiger partial charge in [-0.15, -0.1) is 0 Å². The molecule has 2 N–H and O–H groups in total. The normalized spacial score (nSPS) is 20.6. The Morgan fingerprint density at radius 3 is 2.44 bits per heavy atom. The van der Waals surface area contributed by atoms with E-state index in [4.69, 9.17) is 9.47 Å². The Kier molecular flexibility index (Phi) is 6.88. The number of halogens is 1. The first-order valence-electron chi connectivity index (χ1n) is 12.5. The maximum Gasteiger partial charge on any atom is 0.150 e. The Balaban J connectivity index is 1.37. The van der Waals surface area contributed by atoms with Crippen LogP contribution >= 0.6 is 0 Å². The number of allylic oxidation sites excluding steroid dienone is 1. The predicted molar refractivity (Wildman–Crippen MR) is 139 cm³/mol. The highest BCUT2D eigenvalue weighted by atomic mass is 19.1. The van der Waals surface area contributed by atoms with E-state index in [0.29, 0.717) is 12.4 Å². The monoisotopic (exact) mass is 489 g/mol. The van der Waals surface area contributed by atoms with Crippen LogP contribution in [0, 0.1) is 5.92 Å². The van der Waals surface area contributed by atoms with Crippen molar-refractivity contribution in [2.75, 3.05) is 26.4 Å². The van der Waals surface area contributed by atoms with Crippen molar-refractivity contribution in [2.45, 2.75) is 32.4 Å². The predicted octanol–water partition coefficient (Wildman–Crippen LogP) is 6.22. The summed E-state index contributed by atoms with van der Waals surface area (Å²) in [6.45, 7) is 6.18. The van der Waals surface area contributed by atoms with Crippen LogP contribution in [0.4, 0.5) is 4.39 Å². The molecular weight excluding hydrogens is 457 g/mol. The van der Waals surface area contributed by atoms with Crippen LogP contribution in [-0.2, 0) is 0 Å². The standard InChI is InChI=1S/C30H32FNO4/c1-19(32-14-13-21(16-31)17-32)18-35-26-10-5-23(6-11-26)30-29(22-3-7-24(33)8-4-22)20(2)27-12-9-25(34)15-28(27)36-30/h3-12,15,19,21,30,33-34H,13-14,16-18H2,1-2H3. The molecule has 2 aliphatic heterocycles. The van der Waals surface area contributed by atoms with Crippen molar-refractivity contribution in [3.8, 4) is 23.0 Å². The van der Waals surface area contributed by atoms with E-state index in [0.717, 1.165) is 53.1 Å². The molecule has 36 heavy (non-hydrogen) atoms. The van der Waals surface area contributed by atoms with Gasteiger partial charge in [0.05, 0.1) is 6.67 Å². The number of benzene rings is 3. The van der Waals surface area contributed by atoms with Crippen molar-refractivity contribution in [3.05, 3.63) is 83.4 Å². The largest absolute Gasteiger partial charge is 0.508 e. The molecule has 3 unspecified atom stereocenters. The molecule has 0 aromatic heterocycles. The molecular formula is C30H32FNO4. The average molecular weight is 490 g/mol. The number of hydrogen-bond donors (Lipinski definition) is 2. The number of nitrogens with zero attached hydrogens (tertiary/aromatic N) is 1. The molecule has 1 saturated heterocycles. The number of alkyl halides is 1. The highest BCUT2D eigenvalue weighted by Crippen LogP contribution is 2.47. The van der Waals surface area contributed by atoms with Crippen molar-refractivity contribution in [3.63, 3.8) is 0 Å². The van der Waals surface area contributed by atoms with Gasteiger partial charge >= 0.3 is 0 Å².